The summed E-state index contributed by atoms with van der Waals surface area (Å²) in [6.45, 7) is 0. The van der Waals surface area contributed by atoms with Gasteiger partial charge >= 0.3 is 6.18 Å². The van der Waals surface area contributed by atoms with Gasteiger partial charge in [-0.2, -0.15) is 13.2 Å². The highest BCUT2D eigenvalue weighted by molar-refractivity contribution is 8.01. The fraction of sp³-hybridized carbons (Fsp3) is 0.125. The van der Waals surface area contributed by atoms with E-state index in [1.807, 2.05) is 0 Å². The molecule has 0 radical (unpaired) electrons. The van der Waals surface area contributed by atoms with Crippen molar-refractivity contribution in [3.8, 4) is 10.7 Å². The fourth-order valence-electron chi connectivity index (χ4n) is 1.94. The lowest BCUT2D eigenvalue weighted by Crippen LogP contribution is -2.14. The average Bonchev–Trinajstić information content (AvgIpc) is 3.10. The SMILES string of the molecule is O=C(CSc1nnc(-c2ccc(C(F)(F)F)cn2)s1)Nc1ccccc1Cl. The molecule has 27 heavy (non-hydrogen) atoms. The molecule has 11 heteroatoms. The van der Waals surface area contributed by atoms with Crippen LogP contribution in [0, 0.1) is 0 Å². The molecule has 1 amide bonds. The van der Waals surface area contributed by atoms with E-state index in [0.29, 0.717) is 20.1 Å². The number of nitrogens with zero attached hydrogens (tertiary/aromatic N) is 3. The maximum absolute atomic E-state index is 12.6. The van der Waals surface area contributed by atoms with Gasteiger partial charge in [-0.3, -0.25) is 9.78 Å². The van der Waals surface area contributed by atoms with E-state index in [-0.39, 0.29) is 17.4 Å². The molecule has 0 atom stereocenters. The number of para-hydroxylation sites is 1. The Morgan fingerprint density at radius 3 is 2.63 bits per heavy atom. The number of carbonyl (C=O) groups excluding carboxylic acids is 1. The maximum atomic E-state index is 12.6. The minimum absolute atomic E-state index is 0.0836. The Kier molecular flexibility index (Phi) is 5.98. The van der Waals surface area contributed by atoms with Gasteiger partial charge in [0.1, 0.15) is 5.69 Å². The predicted molar refractivity (Wildman–Crippen MR) is 98.9 cm³/mol. The third-order valence-corrected chi connectivity index (χ3v) is 5.60. The summed E-state index contributed by atoms with van der Waals surface area (Å²) in [5, 5.41) is 11.3. The molecule has 1 aromatic carbocycles. The number of amides is 1. The molecular formula is C16H10ClF3N4OS2. The minimum Gasteiger partial charge on any atom is -0.324 e. The summed E-state index contributed by atoms with van der Waals surface area (Å²) < 4.78 is 38.2. The summed E-state index contributed by atoms with van der Waals surface area (Å²) in [4.78, 5) is 15.8. The number of carbonyl (C=O) groups is 1. The van der Waals surface area contributed by atoms with Gasteiger partial charge in [0, 0.05) is 6.20 Å². The third-order valence-electron chi connectivity index (χ3n) is 3.19. The third kappa shape index (κ3) is 5.18. The summed E-state index contributed by atoms with van der Waals surface area (Å²) in [5.41, 5.74) is -0.0360. The van der Waals surface area contributed by atoms with Crippen molar-refractivity contribution in [3.05, 3.63) is 53.2 Å². The number of aromatic nitrogens is 3. The molecule has 0 aliphatic heterocycles. The minimum atomic E-state index is -4.44. The molecule has 0 spiro atoms. The number of anilines is 1. The quantitative estimate of drug-likeness (QED) is 0.577. The van der Waals surface area contributed by atoms with Crippen molar-refractivity contribution in [1.82, 2.24) is 15.2 Å². The van der Waals surface area contributed by atoms with Crippen LogP contribution in [-0.2, 0) is 11.0 Å². The van der Waals surface area contributed by atoms with E-state index < -0.39 is 11.7 Å². The van der Waals surface area contributed by atoms with Gasteiger partial charge in [0.2, 0.25) is 5.91 Å². The molecule has 3 aromatic rings. The van der Waals surface area contributed by atoms with Crippen LogP contribution in [0.4, 0.5) is 18.9 Å². The van der Waals surface area contributed by atoms with E-state index in [4.69, 9.17) is 11.6 Å². The van der Waals surface area contributed by atoms with E-state index in [2.05, 4.69) is 20.5 Å². The second kappa shape index (κ2) is 8.24. The molecule has 2 heterocycles. The van der Waals surface area contributed by atoms with E-state index >= 15 is 0 Å². The Labute approximate surface area is 165 Å². The maximum Gasteiger partial charge on any atom is 0.417 e. The van der Waals surface area contributed by atoms with Crippen molar-refractivity contribution in [3.63, 3.8) is 0 Å². The first-order valence-corrected chi connectivity index (χ1v) is 9.55. The van der Waals surface area contributed by atoms with Crippen molar-refractivity contribution in [2.24, 2.45) is 0 Å². The molecule has 0 aliphatic carbocycles. The van der Waals surface area contributed by atoms with Gasteiger partial charge < -0.3 is 5.32 Å². The molecule has 0 saturated heterocycles. The van der Waals surface area contributed by atoms with Crippen LogP contribution in [0.2, 0.25) is 5.02 Å². The number of pyridine rings is 1. The number of rotatable bonds is 5. The normalized spacial score (nSPS) is 11.4. The summed E-state index contributed by atoms with van der Waals surface area (Å²) in [6.07, 6.45) is -3.69. The first kappa shape index (κ1) is 19.6. The lowest BCUT2D eigenvalue weighted by Gasteiger charge is -2.05. The van der Waals surface area contributed by atoms with Gasteiger partial charge in [0.25, 0.3) is 0 Å². The van der Waals surface area contributed by atoms with E-state index in [1.54, 1.807) is 24.3 Å². The Morgan fingerprint density at radius 1 is 1.19 bits per heavy atom. The van der Waals surface area contributed by atoms with Crippen molar-refractivity contribution in [2.45, 2.75) is 10.5 Å². The molecule has 0 aliphatic rings. The largest absolute Gasteiger partial charge is 0.417 e. The Morgan fingerprint density at radius 2 is 1.96 bits per heavy atom. The number of benzene rings is 1. The van der Waals surface area contributed by atoms with Crippen LogP contribution in [0.25, 0.3) is 10.7 Å². The van der Waals surface area contributed by atoms with E-state index in [1.165, 1.54) is 6.07 Å². The summed E-state index contributed by atoms with van der Waals surface area (Å²) in [6, 6.07) is 9.03. The van der Waals surface area contributed by atoms with Gasteiger partial charge in [0.05, 0.1) is 22.0 Å². The van der Waals surface area contributed by atoms with Crippen LogP contribution in [0.3, 0.4) is 0 Å². The van der Waals surface area contributed by atoms with Gasteiger partial charge in [-0.25, -0.2) is 0 Å². The monoisotopic (exact) mass is 430 g/mol. The second-order valence-corrected chi connectivity index (χ2v) is 7.73. The molecular weight excluding hydrogens is 421 g/mol. The zero-order chi connectivity index (χ0) is 19.4. The standard InChI is InChI=1S/C16H10ClF3N4OS2/c17-10-3-1-2-4-11(10)22-13(25)8-26-15-24-23-14(27-15)12-6-5-9(7-21-12)16(18,19)20/h1-7H,8H2,(H,22,25). The summed E-state index contributed by atoms with van der Waals surface area (Å²) in [7, 11) is 0. The highest BCUT2D eigenvalue weighted by Crippen LogP contribution is 2.32. The number of thioether (sulfide) groups is 1. The van der Waals surface area contributed by atoms with Crippen LogP contribution in [-0.4, -0.2) is 26.8 Å². The van der Waals surface area contributed by atoms with Crippen molar-refractivity contribution in [2.75, 3.05) is 11.1 Å². The number of hydrogen-bond acceptors (Lipinski definition) is 6. The molecule has 5 nitrogen and oxygen atoms in total. The fourth-order valence-corrected chi connectivity index (χ4v) is 3.75. The second-order valence-electron chi connectivity index (χ2n) is 5.12. The molecule has 0 unspecified atom stereocenters. The highest BCUT2D eigenvalue weighted by Gasteiger charge is 2.30. The van der Waals surface area contributed by atoms with Gasteiger partial charge in [-0.05, 0) is 24.3 Å². The van der Waals surface area contributed by atoms with Crippen LogP contribution >= 0.6 is 34.7 Å². The molecule has 1 N–H and O–H groups in total. The lowest BCUT2D eigenvalue weighted by molar-refractivity contribution is -0.137. The van der Waals surface area contributed by atoms with Crippen LogP contribution in [0.5, 0.6) is 0 Å². The smallest absolute Gasteiger partial charge is 0.324 e. The summed E-state index contributed by atoms with van der Waals surface area (Å²) in [5.74, 6) is -0.183. The van der Waals surface area contributed by atoms with Crippen LogP contribution in [0.15, 0.2) is 46.9 Å². The molecule has 140 valence electrons. The molecule has 0 fully saturated rings. The van der Waals surface area contributed by atoms with Gasteiger partial charge in [0.15, 0.2) is 9.35 Å². The number of hydrogen-bond donors (Lipinski definition) is 1. The Hall–Kier alpha value is -2.17. The van der Waals surface area contributed by atoms with Crippen LogP contribution < -0.4 is 5.32 Å². The zero-order valence-electron chi connectivity index (χ0n) is 13.3. The van der Waals surface area contributed by atoms with Crippen molar-refractivity contribution < 1.29 is 18.0 Å². The zero-order valence-corrected chi connectivity index (χ0v) is 15.7. The van der Waals surface area contributed by atoms with Crippen LogP contribution in [0.1, 0.15) is 5.56 Å². The molecule has 2 aromatic heterocycles. The predicted octanol–water partition coefficient (Wildman–Crippen LogP) is 5.00. The average molecular weight is 431 g/mol. The number of nitrogens with one attached hydrogen (secondary N) is 1. The van der Waals surface area contributed by atoms with Crippen molar-refractivity contribution in [1.29, 1.82) is 0 Å². The molecule has 0 saturated carbocycles. The molecule has 3 rings (SSSR count). The van der Waals surface area contributed by atoms with E-state index in [9.17, 15) is 18.0 Å². The first-order valence-electron chi connectivity index (χ1n) is 7.37. The Bertz CT molecular complexity index is 947. The van der Waals surface area contributed by atoms with Crippen molar-refractivity contribution >= 4 is 46.3 Å². The first-order chi connectivity index (χ1) is 12.8. The van der Waals surface area contributed by atoms with E-state index in [0.717, 1.165) is 35.4 Å². The number of alkyl halides is 3. The topological polar surface area (TPSA) is 67.8 Å². The Balaban J connectivity index is 1.59. The molecule has 0 bridgehead atoms. The highest BCUT2D eigenvalue weighted by atomic mass is 35.5. The van der Waals surface area contributed by atoms with Gasteiger partial charge in [-0.15, -0.1) is 10.2 Å². The number of halogens is 4. The summed E-state index contributed by atoms with van der Waals surface area (Å²) >= 11 is 8.28. The van der Waals surface area contributed by atoms with Gasteiger partial charge in [-0.1, -0.05) is 46.8 Å². The lowest BCUT2D eigenvalue weighted by atomic mass is 10.2.